The van der Waals surface area contributed by atoms with Crippen molar-refractivity contribution in [2.75, 3.05) is 17.6 Å². The Labute approximate surface area is 280 Å². The van der Waals surface area contributed by atoms with Crippen LogP contribution in [0.2, 0.25) is 0 Å². The summed E-state index contributed by atoms with van der Waals surface area (Å²) in [6, 6.07) is 30.8. The first-order valence-corrected chi connectivity index (χ1v) is 17.9. The van der Waals surface area contributed by atoms with Crippen molar-refractivity contribution < 1.29 is 22.6 Å². The number of rotatable bonds is 12. The van der Waals surface area contributed by atoms with Gasteiger partial charge in [-0.1, -0.05) is 69.3 Å². The molecule has 1 aromatic heterocycles. The van der Waals surface area contributed by atoms with Gasteiger partial charge >= 0.3 is 0 Å². The van der Waals surface area contributed by atoms with Gasteiger partial charge in [0.25, 0.3) is 16.0 Å². The van der Waals surface area contributed by atoms with E-state index in [1.165, 1.54) is 5.56 Å². The van der Waals surface area contributed by atoms with Gasteiger partial charge in [0.05, 0.1) is 21.9 Å². The van der Waals surface area contributed by atoms with Gasteiger partial charge in [0.2, 0.25) is 5.91 Å². The Morgan fingerprint density at radius 1 is 0.872 bits per heavy atom. The minimum atomic E-state index is -4.17. The molecule has 0 saturated carbocycles. The summed E-state index contributed by atoms with van der Waals surface area (Å²) < 4.78 is 31.9. The molecule has 0 aliphatic rings. The second-order valence-electron chi connectivity index (χ2n) is 12.9. The summed E-state index contributed by atoms with van der Waals surface area (Å²) >= 11 is 1.63. The van der Waals surface area contributed by atoms with Crippen LogP contribution in [0, 0.1) is 5.41 Å². The number of hydrogen-bond acceptors (Lipinski definition) is 6. The number of amides is 2. The Kier molecular flexibility index (Phi) is 10.5. The molecule has 244 valence electrons. The maximum atomic E-state index is 13.9. The van der Waals surface area contributed by atoms with E-state index in [1.807, 2.05) is 54.6 Å². The smallest absolute Gasteiger partial charge is 0.266 e. The van der Waals surface area contributed by atoms with Crippen LogP contribution in [-0.4, -0.2) is 42.1 Å². The molecule has 8 nitrogen and oxygen atoms in total. The van der Waals surface area contributed by atoms with Crippen molar-refractivity contribution in [1.82, 2.24) is 10.3 Å². The molecule has 0 aliphatic carbocycles. The molecular weight excluding hydrogens is 631 g/mol. The molecule has 0 aliphatic heterocycles. The maximum absolute atomic E-state index is 13.9. The highest BCUT2D eigenvalue weighted by Crippen LogP contribution is 2.31. The lowest BCUT2D eigenvalue weighted by Crippen LogP contribution is -2.28. The number of fused-ring (bicyclic) bond motifs is 1. The van der Waals surface area contributed by atoms with Crippen molar-refractivity contribution in [2.24, 2.45) is 5.41 Å². The summed E-state index contributed by atoms with van der Waals surface area (Å²) in [7, 11) is -4.17. The molecular formula is C37H39N3O5S2. The molecule has 0 radical (unpaired) electrons. The highest BCUT2D eigenvalue weighted by atomic mass is 32.2. The molecule has 0 spiro atoms. The van der Waals surface area contributed by atoms with E-state index in [0.29, 0.717) is 17.7 Å². The van der Waals surface area contributed by atoms with Crippen LogP contribution >= 0.6 is 11.3 Å². The van der Waals surface area contributed by atoms with Crippen molar-refractivity contribution in [3.63, 3.8) is 0 Å². The van der Waals surface area contributed by atoms with Crippen molar-refractivity contribution in [3.8, 4) is 10.6 Å². The average molecular weight is 670 g/mol. The Morgan fingerprint density at radius 3 is 2.17 bits per heavy atom. The number of carbonyl (C=O) groups excluding carboxylic acids is 2. The number of hydrogen-bond donors (Lipinski definition) is 3. The first kappa shape index (κ1) is 34.0. The van der Waals surface area contributed by atoms with E-state index in [2.05, 4.69) is 49.6 Å². The van der Waals surface area contributed by atoms with Crippen LogP contribution in [-0.2, 0) is 27.8 Å². The van der Waals surface area contributed by atoms with Crippen LogP contribution < -0.4 is 10.6 Å². The third kappa shape index (κ3) is 9.81. The Bertz CT molecular complexity index is 1910. The van der Waals surface area contributed by atoms with E-state index in [9.17, 15) is 18.0 Å². The number of para-hydroxylation sites is 1. The molecule has 1 atom stereocenters. The van der Waals surface area contributed by atoms with Crippen LogP contribution in [0.5, 0.6) is 0 Å². The van der Waals surface area contributed by atoms with Crippen molar-refractivity contribution in [3.05, 3.63) is 119 Å². The summed E-state index contributed by atoms with van der Waals surface area (Å²) in [5, 5.41) is 6.51. The number of nitrogens with zero attached hydrogens (tertiary/aromatic N) is 1. The van der Waals surface area contributed by atoms with E-state index in [-0.39, 0.29) is 17.9 Å². The lowest BCUT2D eigenvalue weighted by molar-refractivity contribution is -0.117. The van der Waals surface area contributed by atoms with E-state index in [4.69, 9.17) is 9.54 Å². The van der Waals surface area contributed by atoms with Gasteiger partial charge in [0, 0.05) is 23.4 Å². The number of thiazole rings is 1. The molecule has 4 aromatic carbocycles. The quantitative estimate of drug-likeness (QED) is 0.118. The molecule has 2 amide bonds. The second kappa shape index (κ2) is 14.6. The molecule has 0 fully saturated rings. The fourth-order valence-corrected chi connectivity index (χ4v) is 6.47. The van der Waals surface area contributed by atoms with Crippen LogP contribution in [0.15, 0.2) is 97.1 Å². The summed E-state index contributed by atoms with van der Waals surface area (Å²) in [5.41, 5.74) is 6.17. The van der Waals surface area contributed by atoms with Gasteiger partial charge in [0.1, 0.15) is 5.01 Å². The number of anilines is 1. The van der Waals surface area contributed by atoms with Crippen molar-refractivity contribution >= 4 is 49.2 Å². The summed E-state index contributed by atoms with van der Waals surface area (Å²) in [6.07, 6.45) is 2.41. The fraction of sp³-hybridized carbons (Fsp3) is 0.270. The number of benzene rings is 4. The minimum Gasteiger partial charge on any atom is -0.351 e. The largest absolute Gasteiger partial charge is 0.351 e. The van der Waals surface area contributed by atoms with E-state index < -0.39 is 27.7 Å². The molecule has 0 saturated heterocycles. The Balaban J connectivity index is 1.32. The molecule has 47 heavy (non-hydrogen) atoms. The predicted octanol–water partition coefficient (Wildman–Crippen LogP) is 7.52. The number of carbonyl (C=O) groups is 2. The predicted molar refractivity (Wildman–Crippen MR) is 190 cm³/mol. The molecule has 5 rings (SSSR count). The lowest BCUT2D eigenvalue weighted by Gasteiger charge is -2.20. The van der Waals surface area contributed by atoms with Crippen LogP contribution in [0.3, 0.4) is 0 Å². The maximum Gasteiger partial charge on any atom is 0.266 e. The van der Waals surface area contributed by atoms with Gasteiger partial charge in [-0.25, -0.2) is 4.98 Å². The Morgan fingerprint density at radius 2 is 1.53 bits per heavy atom. The van der Waals surface area contributed by atoms with Crippen LogP contribution in [0.25, 0.3) is 20.8 Å². The zero-order valence-corrected chi connectivity index (χ0v) is 28.3. The van der Waals surface area contributed by atoms with Gasteiger partial charge in [0.15, 0.2) is 0 Å². The summed E-state index contributed by atoms with van der Waals surface area (Å²) in [6.45, 7) is 6.47. The normalized spacial score (nSPS) is 12.5. The third-order valence-corrected chi connectivity index (χ3v) is 9.66. The Hall–Kier alpha value is -4.38. The van der Waals surface area contributed by atoms with E-state index in [0.717, 1.165) is 44.8 Å². The molecule has 1 heterocycles. The molecule has 0 bridgehead atoms. The average Bonchev–Trinajstić information content (AvgIpc) is 3.47. The van der Waals surface area contributed by atoms with Crippen LogP contribution in [0.4, 0.5) is 5.69 Å². The number of aryl methyl sites for hydroxylation is 1. The summed E-state index contributed by atoms with van der Waals surface area (Å²) in [5.74, 6) is -1.65. The van der Waals surface area contributed by atoms with Crippen molar-refractivity contribution in [2.45, 2.75) is 46.0 Å². The zero-order chi connectivity index (χ0) is 33.6. The SMILES string of the molecule is CC(C)(C)CCc1ccc(C(Cc2ccc(C(=O)NCCS(=O)(=O)O)cc2)C(=O)Nc2ccc(-c3nc4ccccc4s3)cc2)cc1. The lowest BCUT2D eigenvalue weighted by atomic mass is 9.87. The molecule has 3 N–H and O–H groups in total. The fourth-order valence-electron chi connectivity index (χ4n) is 5.14. The topological polar surface area (TPSA) is 125 Å². The van der Waals surface area contributed by atoms with Gasteiger partial charge in [-0.05, 0) is 89.9 Å². The first-order valence-electron chi connectivity index (χ1n) is 15.5. The van der Waals surface area contributed by atoms with Gasteiger partial charge in [-0.2, -0.15) is 8.42 Å². The van der Waals surface area contributed by atoms with Gasteiger partial charge in [-0.15, -0.1) is 11.3 Å². The standard InChI is InChI=1S/C37H39N3O5S2/c1-37(2,3)21-20-25-8-12-27(13-9-25)31(24-26-10-14-28(15-11-26)34(41)38-22-23-47(43,44)45)35(42)39-30-18-16-29(17-19-30)36-40-32-6-4-5-7-33(32)46-36/h4-19,31H,20-24H2,1-3H3,(H,38,41)(H,39,42)(H,43,44,45). The van der Waals surface area contributed by atoms with E-state index in [1.54, 1.807) is 35.6 Å². The molecule has 5 aromatic rings. The van der Waals surface area contributed by atoms with Gasteiger partial charge in [-0.3, -0.25) is 14.1 Å². The number of aromatic nitrogens is 1. The highest BCUT2D eigenvalue weighted by molar-refractivity contribution is 7.85. The number of nitrogens with one attached hydrogen (secondary N) is 2. The van der Waals surface area contributed by atoms with Gasteiger partial charge < -0.3 is 10.6 Å². The first-order chi connectivity index (χ1) is 22.3. The molecule has 1 unspecified atom stereocenters. The van der Waals surface area contributed by atoms with E-state index >= 15 is 0 Å². The second-order valence-corrected chi connectivity index (χ2v) is 15.5. The highest BCUT2D eigenvalue weighted by Gasteiger charge is 2.22. The summed E-state index contributed by atoms with van der Waals surface area (Å²) in [4.78, 5) is 31.0. The zero-order valence-electron chi connectivity index (χ0n) is 26.7. The minimum absolute atomic E-state index is 0.146. The van der Waals surface area contributed by atoms with Crippen molar-refractivity contribution in [1.29, 1.82) is 0 Å². The monoisotopic (exact) mass is 669 g/mol. The van der Waals surface area contributed by atoms with Crippen LogP contribution in [0.1, 0.15) is 60.2 Å². The third-order valence-electron chi connectivity index (χ3n) is 7.86. The molecule has 10 heteroatoms.